The molecule has 0 aromatic heterocycles. The molecule has 1 fully saturated rings. The molecule has 3 rings (SSSR count). The van der Waals surface area contributed by atoms with Gasteiger partial charge >= 0.3 is 18.0 Å². The molecule has 5 atom stereocenters. The number of aliphatic hydroxyl groups excluding tert-OH is 3. The van der Waals surface area contributed by atoms with Gasteiger partial charge in [-0.2, -0.15) is 0 Å². The summed E-state index contributed by atoms with van der Waals surface area (Å²) in [6.07, 6.45) is -7.47. The smallest absolute Gasteiger partial charge is 0.410 e. The third-order valence-corrected chi connectivity index (χ3v) is 6.24. The Balaban J connectivity index is 1.73. The molecular weight excluding hydrogens is 526 g/mol. The lowest BCUT2D eigenvalue weighted by molar-refractivity contribution is -0.324. The van der Waals surface area contributed by atoms with E-state index in [1.165, 1.54) is 4.90 Å². The number of benzene rings is 2. The molecule has 1 heterocycles. The number of carbonyl (C=O) groups is 3. The number of rotatable bonds is 12. The summed E-state index contributed by atoms with van der Waals surface area (Å²) >= 11 is 0. The van der Waals surface area contributed by atoms with Crippen LogP contribution in [0, 0.1) is 0 Å². The van der Waals surface area contributed by atoms with Crippen molar-refractivity contribution in [3.05, 3.63) is 71.8 Å². The third-order valence-electron chi connectivity index (χ3n) is 6.24. The van der Waals surface area contributed by atoms with Crippen molar-refractivity contribution in [2.24, 2.45) is 0 Å². The van der Waals surface area contributed by atoms with Crippen LogP contribution in [0.2, 0.25) is 0 Å². The van der Waals surface area contributed by atoms with Gasteiger partial charge in [0.05, 0.1) is 19.8 Å². The van der Waals surface area contributed by atoms with Crippen molar-refractivity contribution in [1.82, 2.24) is 4.90 Å². The van der Waals surface area contributed by atoms with Crippen LogP contribution in [-0.4, -0.2) is 95.3 Å². The first-order chi connectivity index (χ1) is 19.1. The monoisotopic (exact) mass is 561 g/mol. The Morgan fingerprint density at radius 1 is 1.02 bits per heavy atom. The summed E-state index contributed by atoms with van der Waals surface area (Å²) in [6, 6.07) is 18.3. The zero-order valence-electron chi connectivity index (χ0n) is 22.4. The van der Waals surface area contributed by atoms with E-state index in [1.807, 2.05) is 60.7 Å². The van der Waals surface area contributed by atoms with E-state index in [4.69, 9.17) is 23.7 Å². The number of methoxy groups -OCH3 is 1. The topological polar surface area (TPSA) is 161 Å². The maximum absolute atomic E-state index is 13.0. The molecule has 1 aliphatic heterocycles. The minimum absolute atomic E-state index is 0.0486. The summed E-state index contributed by atoms with van der Waals surface area (Å²) in [4.78, 5) is 38.3. The quantitative estimate of drug-likeness (QED) is 0.252. The highest BCUT2D eigenvalue weighted by molar-refractivity contribution is 5.78. The molecule has 0 saturated carbocycles. The highest BCUT2D eigenvalue weighted by Crippen LogP contribution is 2.33. The van der Waals surface area contributed by atoms with Crippen LogP contribution in [0.1, 0.15) is 24.5 Å². The van der Waals surface area contributed by atoms with Crippen molar-refractivity contribution in [3.63, 3.8) is 0 Å². The molecule has 218 valence electrons. The molecular formula is C28H35NO11. The second kappa shape index (κ2) is 14.7. The molecule has 2 aromatic carbocycles. The first-order valence-corrected chi connectivity index (χ1v) is 12.7. The van der Waals surface area contributed by atoms with Gasteiger partial charge in [0.25, 0.3) is 5.79 Å². The Labute approximate surface area is 232 Å². The molecule has 0 spiro atoms. The van der Waals surface area contributed by atoms with Gasteiger partial charge in [0.15, 0.2) is 0 Å². The van der Waals surface area contributed by atoms with Crippen LogP contribution in [-0.2, 0) is 46.4 Å². The van der Waals surface area contributed by atoms with Crippen molar-refractivity contribution in [2.75, 3.05) is 26.9 Å². The summed E-state index contributed by atoms with van der Waals surface area (Å²) in [5.74, 6) is -3.93. The van der Waals surface area contributed by atoms with Gasteiger partial charge < -0.3 is 43.9 Å². The summed E-state index contributed by atoms with van der Waals surface area (Å²) < 4.78 is 26.6. The maximum atomic E-state index is 13.0. The summed E-state index contributed by atoms with van der Waals surface area (Å²) in [7, 11) is 1.08. The summed E-state index contributed by atoms with van der Waals surface area (Å²) in [5.41, 5.74) is 1.63. The lowest BCUT2D eigenvalue weighted by atomic mass is 9.92. The number of hydrogen-bond donors (Lipinski definition) is 3. The number of carbonyl (C=O) groups excluding carboxylic acids is 3. The maximum Gasteiger partial charge on any atom is 0.410 e. The fourth-order valence-electron chi connectivity index (χ4n) is 4.17. The standard InChI is InChI=1S/C28H35NO11/c1-19(30)37-18-23(32)25-24(33)22(31)15-28(40-25,26(34)36-2)39-14-13-29(16-20-9-5-3-6-10-20)27(35)38-17-21-11-7-4-8-12-21/h3-12,22-25,31-33H,13-18H2,1-2H3/t22-,23-,24-,25?,28-/m1/s1. The lowest BCUT2D eigenvalue weighted by Crippen LogP contribution is -2.63. The van der Waals surface area contributed by atoms with Gasteiger partial charge in [-0.1, -0.05) is 60.7 Å². The molecule has 1 unspecified atom stereocenters. The zero-order valence-corrected chi connectivity index (χ0v) is 22.4. The van der Waals surface area contributed by atoms with Gasteiger partial charge in [-0.3, -0.25) is 4.79 Å². The van der Waals surface area contributed by atoms with E-state index < -0.39 is 61.3 Å². The van der Waals surface area contributed by atoms with E-state index in [-0.39, 0.29) is 26.3 Å². The van der Waals surface area contributed by atoms with Gasteiger partial charge in [0, 0.05) is 26.4 Å². The Kier molecular flexibility index (Phi) is 11.4. The second-order valence-corrected chi connectivity index (χ2v) is 9.25. The number of aliphatic hydroxyl groups is 3. The summed E-state index contributed by atoms with van der Waals surface area (Å²) in [5, 5.41) is 31.4. The first kappa shape index (κ1) is 31.0. The van der Waals surface area contributed by atoms with E-state index >= 15 is 0 Å². The average Bonchev–Trinajstić information content (AvgIpc) is 2.96. The van der Waals surface area contributed by atoms with Crippen molar-refractivity contribution in [3.8, 4) is 0 Å². The van der Waals surface area contributed by atoms with Crippen molar-refractivity contribution in [2.45, 2.75) is 56.7 Å². The van der Waals surface area contributed by atoms with Crippen LogP contribution < -0.4 is 0 Å². The highest BCUT2D eigenvalue weighted by atomic mass is 16.7. The van der Waals surface area contributed by atoms with Crippen LogP contribution in [0.25, 0.3) is 0 Å². The molecule has 2 aromatic rings. The highest BCUT2D eigenvalue weighted by Gasteiger charge is 2.55. The van der Waals surface area contributed by atoms with Gasteiger partial charge in [-0.25, -0.2) is 9.59 Å². The van der Waals surface area contributed by atoms with Crippen LogP contribution in [0.15, 0.2) is 60.7 Å². The molecule has 0 aliphatic carbocycles. The normalized spacial score (nSPS) is 23.1. The van der Waals surface area contributed by atoms with E-state index in [2.05, 4.69) is 0 Å². The second-order valence-electron chi connectivity index (χ2n) is 9.25. The zero-order chi connectivity index (χ0) is 29.1. The van der Waals surface area contributed by atoms with Gasteiger partial charge in [-0.15, -0.1) is 0 Å². The Bertz CT molecular complexity index is 1100. The molecule has 1 aliphatic rings. The summed E-state index contributed by atoms with van der Waals surface area (Å²) in [6.45, 7) is 0.483. The molecule has 0 bridgehead atoms. The Morgan fingerprint density at radius 3 is 2.25 bits per heavy atom. The minimum Gasteiger partial charge on any atom is -0.465 e. The average molecular weight is 562 g/mol. The fraction of sp³-hybridized carbons (Fsp3) is 0.464. The largest absolute Gasteiger partial charge is 0.465 e. The first-order valence-electron chi connectivity index (χ1n) is 12.7. The van der Waals surface area contributed by atoms with E-state index in [1.54, 1.807) is 0 Å². The fourth-order valence-corrected chi connectivity index (χ4v) is 4.17. The number of ether oxygens (including phenoxy) is 5. The van der Waals surface area contributed by atoms with Crippen LogP contribution in [0.5, 0.6) is 0 Å². The van der Waals surface area contributed by atoms with E-state index in [0.717, 1.165) is 25.2 Å². The van der Waals surface area contributed by atoms with Gasteiger partial charge in [0.1, 0.15) is 31.5 Å². The molecule has 12 nitrogen and oxygen atoms in total. The number of hydrogen-bond acceptors (Lipinski definition) is 11. The molecule has 40 heavy (non-hydrogen) atoms. The van der Waals surface area contributed by atoms with E-state index in [0.29, 0.717) is 0 Å². The molecule has 12 heteroatoms. The van der Waals surface area contributed by atoms with Gasteiger partial charge in [-0.05, 0) is 11.1 Å². The predicted octanol–water partition coefficient (Wildman–Crippen LogP) is 1.15. The Morgan fingerprint density at radius 2 is 1.65 bits per heavy atom. The van der Waals surface area contributed by atoms with Crippen molar-refractivity contribution >= 4 is 18.0 Å². The lowest BCUT2D eigenvalue weighted by Gasteiger charge is -2.44. The number of amides is 1. The molecule has 0 radical (unpaired) electrons. The molecule has 1 saturated heterocycles. The molecule has 3 N–H and O–H groups in total. The van der Waals surface area contributed by atoms with Crippen molar-refractivity contribution in [1.29, 1.82) is 0 Å². The SMILES string of the molecule is COC(=O)[C@@]1(OCCN(Cc2ccccc2)C(=O)OCc2ccccc2)C[C@@H](O)[C@@H](O)C([C@H](O)COC(C)=O)O1. The van der Waals surface area contributed by atoms with Crippen LogP contribution >= 0.6 is 0 Å². The number of nitrogens with zero attached hydrogens (tertiary/aromatic N) is 1. The third kappa shape index (κ3) is 8.47. The van der Waals surface area contributed by atoms with Crippen LogP contribution in [0.4, 0.5) is 4.79 Å². The Hall–Kier alpha value is -3.55. The van der Waals surface area contributed by atoms with Crippen LogP contribution in [0.3, 0.4) is 0 Å². The van der Waals surface area contributed by atoms with Gasteiger partial charge in [0.2, 0.25) is 0 Å². The number of esters is 2. The van der Waals surface area contributed by atoms with Crippen molar-refractivity contribution < 1.29 is 53.4 Å². The van der Waals surface area contributed by atoms with E-state index in [9.17, 15) is 29.7 Å². The minimum atomic E-state index is -2.22. The predicted molar refractivity (Wildman–Crippen MR) is 138 cm³/mol. The molecule has 1 amide bonds.